The van der Waals surface area contributed by atoms with Crippen molar-refractivity contribution in [2.24, 2.45) is 5.92 Å². The van der Waals surface area contributed by atoms with Gasteiger partial charge in [0.2, 0.25) is 0 Å². The molecule has 1 unspecified atom stereocenters. The number of hydrogen-bond acceptors (Lipinski definition) is 4. The highest BCUT2D eigenvalue weighted by Crippen LogP contribution is 2.24. The molecule has 0 spiro atoms. The van der Waals surface area contributed by atoms with Gasteiger partial charge in [-0.2, -0.15) is 5.10 Å². The first-order valence-corrected chi connectivity index (χ1v) is 11.0. The number of ether oxygens (including phenoxy) is 1. The molecular formula is C26H26N4O2. The van der Waals surface area contributed by atoms with Gasteiger partial charge in [0, 0.05) is 30.1 Å². The minimum atomic E-state index is 0.0322. The summed E-state index contributed by atoms with van der Waals surface area (Å²) < 4.78 is 5.87. The van der Waals surface area contributed by atoms with E-state index in [0.717, 1.165) is 28.7 Å². The lowest BCUT2D eigenvalue weighted by molar-refractivity contribution is 0.0738. The fourth-order valence-corrected chi connectivity index (χ4v) is 4.27. The van der Waals surface area contributed by atoms with Crippen molar-refractivity contribution in [1.82, 2.24) is 15.1 Å². The second kappa shape index (κ2) is 9.24. The van der Waals surface area contributed by atoms with Gasteiger partial charge in [-0.1, -0.05) is 36.4 Å². The van der Waals surface area contributed by atoms with Crippen LogP contribution in [0.5, 0.6) is 0 Å². The molecule has 1 aromatic heterocycles. The molecule has 0 aliphatic carbocycles. The number of hydrogen-bond donors (Lipinski definition) is 2. The first-order valence-electron chi connectivity index (χ1n) is 11.0. The maximum Gasteiger partial charge on any atom is 0.256 e. The predicted octanol–water partition coefficient (Wildman–Crippen LogP) is 4.64. The number of rotatable bonds is 5. The standard InChI is InChI=1S/C26H26N4O2/c31-26(23-8-4-5-9-25(23)28-22-6-2-1-3-7-22)30-12-13-32-18-20(17-30)14-19-10-11-24-21(15-19)16-27-29-24/h1-11,15-16,20,28H,12-14,17-18H2,(H,27,29). The lowest BCUT2D eigenvalue weighted by Gasteiger charge is -2.25. The van der Waals surface area contributed by atoms with Crippen LogP contribution < -0.4 is 5.32 Å². The molecule has 1 saturated heterocycles. The molecule has 1 aliphatic rings. The number of carbonyl (C=O) groups excluding carboxylic acids is 1. The van der Waals surface area contributed by atoms with Gasteiger partial charge in [0.15, 0.2) is 0 Å². The van der Waals surface area contributed by atoms with E-state index >= 15 is 0 Å². The van der Waals surface area contributed by atoms with Gasteiger partial charge in [0.25, 0.3) is 5.91 Å². The van der Waals surface area contributed by atoms with Gasteiger partial charge in [-0.3, -0.25) is 9.89 Å². The Balaban J connectivity index is 1.33. The van der Waals surface area contributed by atoms with Crippen molar-refractivity contribution in [3.63, 3.8) is 0 Å². The zero-order valence-electron chi connectivity index (χ0n) is 17.8. The summed E-state index contributed by atoms with van der Waals surface area (Å²) >= 11 is 0. The minimum absolute atomic E-state index is 0.0322. The van der Waals surface area contributed by atoms with E-state index < -0.39 is 0 Å². The lowest BCUT2D eigenvalue weighted by atomic mass is 9.98. The predicted molar refractivity (Wildman–Crippen MR) is 126 cm³/mol. The van der Waals surface area contributed by atoms with Gasteiger partial charge in [-0.05, 0) is 48.4 Å². The van der Waals surface area contributed by atoms with Crippen LogP contribution in [-0.4, -0.2) is 47.3 Å². The van der Waals surface area contributed by atoms with Gasteiger partial charge >= 0.3 is 0 Å². The van der Waals surface area contributed by atoms with Crippen LogP contribution in [0.3, 0.4) is 0 Å². The molecule has 6 nitrogen and oxygen atoms in total. The molecule has 162 valence electrons. The first kappa shape index (κ1) is 20.3. The normalized spacial score (nSPS) is 16.6. The van der Waals surface area contributed by atoms with E-state index in [1.807, 2.05) is 65.7 Å². The van der Waals surface area contributed by atoms with E-state index in [4.69, 9.17) is 4.74 Å². The number of amides is 1. The Hall–Kier alpha value is -3.64. The Morgan fingerprint density at radius 3 is 2.84 bits per heavy atom. The fraction of sp³-hybridized carbons (Fsp3) is 0.231. The number of aromatic nitrogens is 2. The zero-order valence-corrected chi connectivity index (χ0v) is 17.8. The summed E-state index contributed by atoms with van der Waals surface area (Å²) in [6.45, 7) is 2.46. The van der Waals surface area contributed by atoms with E-state index in [1.165, 1.54) is 5.56 Å². The second-order valence-electron chi connectivity index (χ2n) is 8.22. The van der Waals surface area contributed by atoms with Crippen molar-refractivity contribution in [3.8, 4) is 0 Å². The molecule has 1 atom stereocenters. The molecule has 0 radical (unpaired) electrons. The Morgan fingerprint density at radius 2 is 1.94 bits per heavy atom. The highest BCUT2D eigenvalue weighted by molar-refractivity contribution is 6.00. The summed E-state index contributed by atoms with van der Waals surface area (Å²) in [5.74, 6) is 0.268. The maximum absolute atomic E-state index is 13.5. The van der Waals surface area contributed by atoms with Gasteiger partial charge in [-0.25, -0.2) is 0 Å². The number of carbonyl (C=O) groups is 1. The van der Waals surface area contributed by atoms with E-state index in [-0.39, 0.29) is 11.8 Å². The molecule has 0 bridgehead atoms. The van der Waals surface area contributed by atoms with Crippen molar-refractivity contribution in [2.45, 2.75) is 6.42 Å². The third-order valence-corrected chi connectivity index (χ3v) is 5.86. The van der Waals surface area contributed by atoms with Crippen LogP contribution in [0.1, 0.15) is 15.9 Å². The topological polar surface area (TPSA) is 70.2 Å². The Morgan fingerprint density at radius 1 is 1.09 bits per heavy atom. The quantitative estimate of drug-likeness (QED) is 0.488. The molecule has 2 heterocycles. The summed E-state index contributed by atoms with van der Waals surface area (Å²) in [5.41, 5.74) is 4.71. The number of anilines is 2. The van der Waals surface area contributed by atoms with Crippen LogP contribution in [0.4, 0.5) is 11.4 Å². The number of fused-ring (bicyclic) bond motifs is 1. The van der Waals surface area contributed by atoms with Crippen LogP contribution in [0.15, 0.2) is 79.0 Å². The van der Waals surface area contributed by atoms with Crippen molar-refractivity contribution >= 4 is 28.2 Å². The van der Waals surface area contributed by atoms with Crippen molar-refractivity contribution in [3.05, 3.63) is 90.1 Å². The van der Waals surface area contributed by atoms with Crippen molar-refractivity contribution in [2.75, 3.05) is 31.6 Å². The average molecular weight is 427 g/mol. The summed E-state index contributed by atoms with van der Waals surface area (Å²) in [7, 11) is 0. The summed E-state index contributed by atoms with van der Waals surface area (Å²) in [5, 5.41) is 11.6. The molecule has 5 rings (SSSR count). The van der Waals surface area contributed by atoms with Gasteiger partial charge in [-0.15, -0.1) is 0 Å². The lowest BCUT2D eigenvalue weighted by Crippen LogP contribution is -2.36. The molecule has 2 N–H and O–H groups in total. The molecule has 1 aliphatic heterocycles. The Bertz CT molecular complexity index is 1200. The molecule has 32 heavy (non-hydrogen) atoms. The summed E-state index contributed by atoms with van der Waals surface area (Å²) in [6, 6.07) is 24.0. The largest absolute Gasteiger partial charge is 0.379 e. The molecule has 1 amide bonds. The van der Waals surface area contributed by atoms with Crippen LogP contribution >= 0.6 is 0 Å². The number of para-hydroxylation sites is 2. The fourth-order valence-electron chi connectivity index (χ4n) is 4.27. The van der Waals surface area contributed by atoms with Crippen molar-refractivity contribution in [1.29, 1.82) is 0 Å². The second-order valence-corrected chi connectivity index (χ2v) is 8.22. The van der Waals surface area contributed by atoms with E-state index in [0.29, 0.717) is 31.9 Å². The highest BCUT2D eigenvalue weighted by atomic mass is 16.5. The minimum Gasteiger partial charge on any atom is -0.379 e. The smallest absolute Gasteiger partial charge is 0.256 e. The zero-order chi connectivity index (χ0) is 21.8. The average Bonchev–Trinajstić information content (AvgIpc) is 3.17. The Kier molecular flexibility index (Phi) is 5.85. The SMILES string of the molecule is O=C(c1ccccc1Nc1ccccc1)N1CCOCC(Cc2ccc3[nH]ncc3c2)C1. The number of benzene rings is 3. The third kappa shape index (κ3) is 4.50. The van der Waals surface area contributed by atoms with Gasteiger partial charge < -0.3 is 15.0 Å². The summed E-state index contributed by atoms with van der Waals surface area (Å²) in [6.07, 6.45) is 2.70. The third-order valence-electron chi connectivity index (χ3n) is 5.86. The summed E-state index contributed by atoms with van der Waals surface area (Å²) in [4.78, 5) is 15.4. The molecule has 1 fully saturated rings. The van der Waals surface area contributed by atoms with Crippen LogP contribution in [0, 0.1) is 5.92 Å². The molecule has 6 heteroatoms. The number of aromatic amines is 1. The number of H-pyrrole nitrogens is 1. The van der Waals surface area contributed by atoms with Crippen molar-refractivity contribution < 1.29 is 9.53 Å². The van der Waals surface area contributed by atoms with Gasteiger partial charge in [0.1, 0.15) is 0 Å². The molecule has 3 aromatic carbocycles. The van der Waals surface area contributed by atoms with E-state index in [1.54, 1.807) is 0 Å². The Labute approximate surface area is 187 Å². The van der Waals surface area contributed by atoms with E-state index in [2.05, 4.69) is 33.7 Å². The van der Waals surface area contributed by atoms with Gasteiger partial charge in [0.05, 0.1) is 36.2 Å². The highest BCUT2D eigenvalue weighted by Gasteiger charge is 2.25. The van der Waals surface area contributed by atoms with Crippen LogP contribution in [0.2, 0.25) is 0 Å². The monoisotopic (exact) mass is 426 g/mol. The first-order chi connectivity index (χ1) is 15.8. The molecule has 4 aromatic rings. The van der Waals surface area contributed by atoms with Crippen LogP contribution in [-0.2, 0) is 11.2 Å². The maximum atomic E-state index is 13.5. The molecular weight excluding hydrogens is 400 g/mol. The van der Waals surface area contributed by atoms with Crippen LogP contribution in [0.25, 0.3) is 10.9 Å². The number of nitrogens with one attached hydrogen (secondary N) is 2. The molecule has 0 saturated carbocycles. The number of nitrogens with zero attached hydrogens (tertiary/aromatic N) is 2. The van der Waals surface area contributed by atoms with E-state index in [9.17, 15) is 4.79 Å².